The second-order valence-corrected chi connectivity index (χ2v) is 6.70. The van der Waals surface area contributed by atoms with E-state index in [0.29, 0.717) is 6.04 Å². The minimum atomic E-state index is 0.535. The molecule has 1 fully saturated rings. The monoisotopic (exact) mass is 321 g/mol. The van der Waals surface area contributed by atoms with Crippen molar-refractivity contribution in [2.24, 2.45) is 0 Å². The van der Waals surface area contributed by atoms with Crippen molar-refractivity contribution >= 4 is 17.3 Å². The fourth-order valence-electron chi connectivity index (χ4n) is 2.99. The highest BCUT2D eigenvalue weighted by atomic mass is 35.5. The largest absolute Gasteiger partial charge is 0.377 e. The van der Waals surface area contributed by atoms with Crippen molar-refractivity contribution in [2.75, 3.05) is 44.7 Å². The Balaban J connectivity index is 1.95. The fourth-order valence-corrected chi connectivity index (χ4v) is 3.25. The first-order valence-corrected chi connectivity index (χ1v) is 8.47. The quantitative estimate of drug-likeness (QED) is 0.818. The Morgan fingerprint density at radius 2 is 2.00 bits per heavy atom. The van der Waals surface area contributed by atoms with Gasteiger partial charge in [0, 0.05) is 51.5 Å². The molecule has 0 aliphatic carbocycles. The van der Waals surface area contributed by atoms with E-state index in [2.05, 4.69) is 54.3 Å². The molecule has 1 atom stereocenters. The second-order valence-electron chi connectivity index (χ2n) is 6.29. The van der Waals surface area contributed by atoms with Crippen molar-refractivity contribution < 1.29 is 0 Å². The van der Waals surface area contributed by atoms with E-state index in [9.17, 15) is 0 Å². The summed E-state index contributed by atoms with van der Waals surface area (Å²) in [6, 6.07) is 8.69. The van der Waals surface area contributed by atoms with E-state index in [1.165, 1.54) is 6.42 Å². The van der Waals surface area contributed by atoms with Crippen LogP contribution in [0.3, 0.4) is 0 Å². The zero-order chi connectivity index (χ0) is 16.1. The number of rotatable bonds is 5. The van der Waals surface area contributed by atoms with Gasteiger partial charge in [0.05, 0.1) is 10.7 Å². The number of hydrogen-bond acceptors (Lipinski definition) is 3. The number of benzene rings is 1. The Morgan fingerprint density at radius 3 is 2.68 bits per heavy atom. The number of nitrogens with zero attached hydrogens (tertiary/aromatic N) is 3. The zero-order valence-corrected chi connectivity index (χ0v) is 14.8. The van der Waals surface area contributed by atoms with Crippen molar-refractivity contribution in [3.63, 3.8) is 0 Å². The molecule has 1 aliphatic rings. The number of likely N-dealkylation sites (N-methyl/N-ethyl adjacent to an activating group) is 1. The predicted molar refractivity (Wildman–Crippen MR) is 96.8 cm³/mol. The molecule has 0 radical (unpaired) electrons. The maximum absolute atomic E-state index is 6.34. The van der Waals surface area contributed by atoms with Crippen LogP contribution in [0.1, 0.15) is 20.3 Å². The highest BCUT2D eigenvalue weighted by Crippen LogP contribution is 2.26. The zero-order valence-electron chi connectivity index (χ0n) is 14.1. The molecule has 122 valence electrons. The van der Waals surface area contributed by atoms with Crippen LogP contribution in [0.2, 0.25) is 5.02 Å². The van der Waals surface area contributed by atoms with Crippen LogP contribution >= 0.6 is 11.6 Å². The molecule has 1 unspecified atom stereocenters. The molecule has 0 bridgehead atoms. The van der Waals surface area contributed by atoms with E-state index < -0.39 is 0 Å². The van der Waals surface area contributed by atoms with Gasteiger partial charge in [-0.2, -0.15) is 0 Å². The van der Waals surface area contributed by atoms with Crippen LogP contribution in [0.4, 0.5) is 5.69 Å². The summed E-state index contributed by atoms with van der Waals surface area (Å²) in [5, 5.41) is 0.853. The van der Waals surface area contributed by atoms with Crippen molar-refractivity contribution in [2.45, 2.75) is 26.3 Å². The molecule has 3 nitrogen and oxygen atoms in total. The summed E-state index contributed by atoms with van der Waals surface area (Å²) in [5.74, 6) is 0. The SMILES string of the molecule is C=C(C)N(C)CC(C)N1CCCN(c2ccccc2Cl)CC1. The van der Waals surface area contributed by atoms with Gasteiger partial charge in [-0.25, -0.2) is 0 Å². The minimum absolute atomic E-state index is 0.535. The van der Waals surface area contributed by atoms with Gasteiger partial charge >= 0.3 is 0 Å². The van der Waals surface area contributed by atoms with Gasteiger partial charge in [0.25, 0.3) is 0 Å². The van der Waals surface area contributed by atoms with Crippen LogP contribution in [-0.4, -0.2) is 55.6 Å². The van der Waals surface area contributed by atoms with Crippen LogP contribution in [0.25, 0.3) is 0 Å². The van der Waals surface area contributed by atoms with E-state index in [1.807, 2.05) is 12.1 Å². The first-order valence-electron chi connectivity index (χ1n) is 8.09. The molecule has 2 rings (SSSR count). The molecule has 1 aromatic rings. The smallest absolute Gasteiger partial charge is 0.0639 e. The van der Waals surface area contributed by atoms with Crippen molar-refractivity contribution in [3.8, 4) is 0 Å². The summed E-state index contributed by atoms with van der Waals surface area (Å²) in [7, 11) is 2.12. The van der Waals surface area contributed by atoms with Gasteiger partial charge < -0.3 is 9.80 Å². The molecule has 1 aliphatic heterocycles. The van der Waals surface area contributed by atoms with Crippen molar-refractivity contribution in [1.29, 1.82) is 0 Å². The fraction of sp³-hybridized carbons (Fsp3) is 0.556. The van der Waals surface area contributed by atoms with Gasteiger partial charge in [0.2, 0.25) is 0 Å². The predicted octanol–water partition coefficient (Wildman–Crippen LogP) is 3.71. The number of hydrogen-bond donors (Lipinski definition) is 0. The Morgan fingerprint density at radius 1 is 1.27 bits per heavy atom. The first kappa shape index (κ1) is 17.2. The highest BCUT2D eigenvalue weighted by molar-refractivity contribution is 6.33. The Bertz CT molecular complexity index is 503. The molecular weight excluding hydrogens is 294 g/mol. The molecule has 0 N–H and O–H groups in total. The molecule has 22 heavy (non-hydrogen) atoms. The molecule has 4 heteroatoms. The van der Waals surface area contributed by atoms with Crippen LogP contribution in [0.5, 0.6) is 0 Å². The lowest BCUT2D eigenvalue weighted by atomic mass is 10.2. The highest BCUT2D eigenvalue weighted by Gasteiger charge is 2.21. The number of halogens is 1. The van der Waals surface area contributed by atoms with E-state index in [1.54, 1.807) is 0 Å². The van der Waals surface area contributed by atoms with E-state index in [4.69, 9.17) is 11.6 Å². The lowest BCUT2D eigenvalue weighted by molar-refractivity contribution is 0.187. The molecule has 0 saturated carbocycles. The van der Waals surface area contributed by atoms with Gasteiger partial charge in [0.1, 0.15) is 0 Å². The maximum atomic E-state index is 6.34. The summed E-state index contributed by atoms with van der Waals surface area (Å²) in [5.41, 5.74) is 2.29. The number of allylic oxidation sites excluding steroid dienone is 1. The molecule has 0 aromatic heterocycles. The average Bonchev–Trinajstić information content (AvgIpc) is 2.73. The molecular formula is C18H28ClN3. The summed E-state index contributed by atoms with van der Waals surface area (Å²) in [6.45, 7) is 13.8. The van der Waals surface area contributed by atoms with E-state index >= 15 is 0 Å². The molecule has 0 amide bonds. The molecule has 1 aromatic carbocycles. The van der Waals surface area contributed by atoms with Crippen LogP contribution < -0.4 is 4.90 Å². The minimum Gasteiger partial charge on any atom is -0.377 e. The number of para-hydroxylation sites is 1. The van der Waals surface area contributed by atoms with Gasteiger partial charge in [-0.3, -0.25) is 4.90 Å². The van der Waals surface area contributed by atoms with Crippen LogP contribution in [0, 0.1) is 0 Å². The third kappa shape index (κ3) is 4.40. The van der Waals surface area contributed by atoms with E-state index in [-0.39, 0.29) is 0 Å². The van der Waals surface area contributed by atoms with Gasteiger partial charge in [0.15, 0.2) is 0 Å². The van der Waals surface area contributed by atoms with Crippen molar-refractivity contribution in [3.05, 3.63) is 41.6 Å². The third-order valence-electron chi connectivity index (χ3n) is 4.54. The van der Waals surface area contributed by atoms with Gasteiger partial charge in [-0.1, -0.05) is 30.3 Å². The average molecular weight is 322 g/mol. The molecule has 1 heterocycles. The summed E-state index contributed by atoms with van der Waals surface area (Å²) < 4.78 is 0. The lowest BCUT2D eigenvalue weighted by Gasteiger charge is -2.32. The van der Waals surface area contributed by atoms with Gasteiger partial charge in [-0.05, 0) is 32.4 Å². The standard InChI is InChI=1S/C18H28ClN3/c1-15(2)20(4)14-16(3)21-10-7-11-22(13-12-21)18-9-6-5-8-17(18)19/h5-6,8-9,16H,1,7,10-14H2,2-4H3. The summed E-state index contributed by atoms with van der Waals surface area (Å²) >= 11 is 6.34. The third-order valence-corrected chi connectivity index (χ3v) is 4.86. The van der Waals surface area contributed by atoms with Crippen LogP contribution in [0.15, 0.2) is 36.5 Å². The lowest BCUT2D eigenvalue weighted by Crippen LogP contribution is -2.42. The summed E-state index contributed by atoms with van der Waals surface area (Å²) in [6.07, 6.45) is 1.17. The first-order chi connectivity index (χ1) is 10.5. The molecule has 1 saturated heterocycles. The second kappa shape index (κ2) is 7.89. The Kier molecular flexibility index (Phi) is 6.16. The summed E-state index contributed by atoms with van der Waals surface area (Å²) in [4.78, 5) is 7.23. The number of anilines is 1. The van der Waals surface area contributed by atoms with Crippen LogP contribution in [-0.2, 0) is 0 Å². The Hall–Kier alpha value is -1.19. The maximum Gasteiger partial charge on any atom is 0.0639 e. The van der Waals surface area contributed by atoms with Crippen molar-refractivity contribution in [1.82, 2.24) is 9.80 Å². The Labute approximate surface area is 140 Å². The molecule has 0 spiro atoms. The van der Waals surface area contributed by atoms with Gasteiger partial charge in [-0.15, -0.1) is 0 Å². The van der Waals surface area contributed by atoms with E-state index in [0.717, 1.165) is 49.1 Å². The topological polar surface area (TPSA) is 9.72 Å². The normalized spacial score (nSPS) is 17.9.